The van der Waals surface area contributed by atoms with E-state index in [1.54, 1.807) is 0 Å². The standard InChI is InChI=1S/C18H17/c1-3-10-15(4-2)17-13-8-9-14-18(17)16-11-6-5-7-12-16/h3-9,11-14H,1-2,10H2. The van der Waals surface area contributed by atoms with Crippen LogP contribution in [0.2, 0.25) is 0 Å². The fraction of sp³-hybridized carbons (Fsp3) is 0.0556. The Morgan fingerprint density at radius 1 is 0.889 bits per heavy atom. The predicted octanol–water partition coefficient (Wildman–Crippen LogP) is 5.04. The van der Waals surface area contributed by atoms with Gasteiger partial charge in [0.05, 0.1) is 0 Å². The van der Waals surface area contributed by atoms with E-state index in [9.17, 15) is 0 Å². The first-order valence-electron chi connectivity index (χ1n) is 6.11. The summed E-state index contributed by atoms with van der Waals surface area (Å²) in [5, 5.41) is 0. The molecule has 0 unspecified atom stereocenters. The van der Waals surface area contributed by atoms with Gasteiger partial charge < -0.3 is 0 Å². The molecule has 0 fully saturated rings. The fourth-order valence-electron chi connectivity index (χ4n) is 2.09. The lowest BCUT2D eigenvalue weighted by Gasteiger charge is -2.15. The zero-order valence-corrected chi connectivity index (χ0v) is 10.5. The number of benzene rings is 2. The Labute approximate surface area is 109 Å². The van der Waals surface area contributed by atoms with Crippen molar-refractivity contribution in [1.29, 1.82) is 0 Å². The summed E-state index contributed by atoms with van der Waals surface area (Å²) >= 11 is 0. The van der Waals surface area contributed by atoms with Gasteiger partial charge in [-0.2, -0.15) is 0 Å². The Kier molecular flexibility index (Phi) is 4.14. The van der Waals surface area contributed by atoms with E-state index in [0.29, 0.717) is 0 Å². The second-order valence-electron chi connectivity index (χ2n) is 4.13. The van der Waals surface area contributed by atoms with Crippen molar-refractivity contribution < 1.29 is 0 Å². The molecule has 0 N–H and O–H groups in total. The molecule has 2 aromatic carbocycles. The Morgan fingerprint density at radius 3 is 2.22 bits per heavy atom. The van der Waals surface area contributed by atoms with Gasteiger partial charge in [-0.25, -0.2) is 0 Å². The smallest absolute Gasteiger partial charge is 0.0304 e. The van der Waals surface area contributed by atoms with Gasteiger partial charge in [0.1, 0.15) is 0 Å². The molecule has 0 nitrogen and oxygen atoms in total. The van der Waals surface area contributed by atoms with E-state index in [1.165, 1.54) is 22.6 Å². The van der Waals surface area contributed by atoms with Gasteiger partial charge in [0.25, 0.3) is 0 Å². The molecule has 0 aliphatic carbocycles. The van der Waals surface area contributed by atoms with E-state index >= 15 is 0 Å². The topological polar surface area (TPSA) is 0 Å². The summed E-state index contributed by atoms with van der Waals surface area (Å²) in [6, 6.07) is 18.9. The molecule has 0 aliphatic heterocycles. The minimum absolute atomic E-state index is 0.841. The van der Waals surface area contributed by atoms with Crippen LogP contribution in [0, 0.1) is 5.92 Å². The summed E-state index contributed by atoms with van der Waals surface area (Å²) in [7, 11) is 0. The summed E-state index contributed by atoms with van der Waals surface area (Å²) in [4.78, 5) is 0. The SMILES string of the molecule is C=CC[C](C=C)c1ccccc1-c1ccccc1. The van der Waals surface area contributed by atoms with E-state index in [2.05, 4.69) is 61.7 Å². The molecule has 0 atom stereocenters. The third kappa shape index (κ3) is 2.60. The first-order valence-corrected chi connectivity index (χ1v) is 6.11. The minimum atomic E-state index is 0.841. The number of allylic oxidation sites excluding steroid dienone is 2. The third-order valence-electron chi connectivity index (χ3n) is 2.97. The second-order valence-corrected chi connectivity index (χ2v) is 4.13. The minimum Gasteiger partial charge on any atom is -0.103 e. The average molecular weight is 233 g/mol. The van der Waals surface area contributed by atoms with Crippen molar-refractivity contribution in [3.63, 3.8) is 0 Å². The summed E-state index contributed by atoms with van der Waals surface area (Å²) in [5.74, 6) is 1.21. The van der Waals surface area contributed by atoms with Gasteiger partial charge in [-0.1, -0.05) is 66.7 Å². The van der Waals surface area contributed by atoms with Crippen LogP contribution in [0.15, 0.2) is 79.9 Å². The summed E-state index contributed by atoms with van der Waals surface area (Å²) in [6.45, 7) is 7.71. The van der Waals surface area contributed by atoms with Crippen molar-refractivity contribution in [3.8, 4) is 11.1 Å². The van der Waals surface area contributed by atoms with Crippen LogP contribution >= 0.6 is 0 Å². The quantitative estimate of drug-likeness (QED) is 0.635. The van der Waals surface area contributed by atoms with Crippen molar-refractivity contribution in [1.82, 2.24) is 0 Å². The van der Waals surface area contributed by atoms with E-state index in [-0.39, 0.29) is 0 Å². The highest BCUT2D eigenvalue weighted by atomic mass is 14.1. The summed E-state index contributed by atoms with van der Waals surface area (Å²) in [5.41, 5.74) is 3.71. The number of rotatable bonds is 5. The van der Waals surface area contributed by atoms with Gasteiger partial charge in [-0.15, -0.1) is 13.2 Å². The maximum absolute atomic E-state index is 3.91. The van der Waals surface area contributed by atoms with Crippen molar-refractivity contribution in [2.24, 2.45) is 0 Å². The van der Waals surface area contributed by atoms with Gasteiger partial charge in [0, 0.05) is 5.92 Å². The number of hydrogen-bond acceptors (Lipinski definition) is 0. The van der Waals surface area contributed by atoms with Gasteiger partial charge >= 0.3 is 0 Å². The summed E-state index contributed by atoms with van der Waals surface area (Å²) < 4.78 is 0. The largest absolute Gasteiger partial charge is 0.103 e. The molecule has 0 aromatic heterocycles. The second kappa shape index (κ2) is 6.02. The molecule has 0 heteroatoms. The maximum Gasteiger partial charge on any atom is 0.0304 e. The van der Waals surface area contributed by atoms with Gasteiger partial charge in [0.15, 0.2) is 0 Å². The highest BCUT2D eigenvalue weighted by Crippen LogP contribution is 2.31. The van der Waals surface area contributed by atoms with Crippen molar-refractivity contribution in [2.45, 2.75) is 6.42 Å². The van der Waals surface area contributed by atoms with Gasteiger partial charge in [-0.3, -0.25) is 0 Å². The molecule has 0 spiro atoms. The Hall–Kier alpha value is -2.08. The third-order valence-corrected chi connectivity index (χ3v) is 2.97. The van der Waals surface area contributed by atoms with Gasteiger partial charge in [-0.05, 0) is 23.1 Å². The highest BCUT2D eigenvalue weighted by Gasteiger charge is 2.11. The lowest BCUT2D eigenvalue weighted by molar-refractivity contribution is 1.12. The highest BCUT2D eigenvalue weighted by molar-refractivity contribution is 5.71. The Balaban J connectivity index is 2.48. The van der Waals surface area contributed by atoms with Crippen molar-refractivity contribution >= 4 is 0 Å². The van der Waals surface area contributed by atoms with E-state index in [1.807, 2.05) is 18.2 Å². The lowest BCUT2D eigenvalue weighted by atomic mass is 9.88. The Bertz CT molecular complexity index is 523. The van der Waals surface area contributed by atoms with Crippen molar-refractivity contribution in [3.05, 3.63) is 91.4 Å². The maximum atomic E-state index is 3.91. The normalized spacial score (nSPS) is 10.3. The molecule has 0 amide bonds. The van der Waals surface area contributed by atoms with Crippen LogP contribution in [0.4, 0.5) is 0 Å². The molecular weight excluding hydrogens is 216 g/mol. The molecule has 18 heavy (non-hydrogen) atoms. The predicted molar refractivity (Wildman–Crippen MR) is 79.2 cm³/mol. The number of hydrogen-bond donors (Lipinski definition) is 0. The molecule has 0 heterocycles. The van der Waals surface area contributed by atoms with Crippen LogP contribution in [0.5, 0.6) is 0 Å². The summed E-state index contributed by atoms with van der Waals surface area (Å²) in [6.07, 6.45) is 4.68. The van der Waals surface area contributed by atoms with Crippen LogP contribution in [0.1, 0.15) is 12.0 Å². The molecule has 0 saturated heterocycles. The zero-order chi connectivity index (χ0) is 12.8. The first-order chi connectivity index (χ1) is 8.86. The molecule has 0 saturated carbocycles. The van der Waals surface area contributed by atoms with Crippen LogP contribution in [-0.2, 0) is 0 Å². The van der Waals surface area contributed by atoms with E-state index < -0.39 is 0 Å². The molecule has 89 valence electrons. The van der Waals surface area contributed by atoms with Gasteiger partial charge in [0.2, 0.25) is 0 Å². The van der Waals surface area contributed by atoms with Crippen LogP contribution in [0.3, 0.4) is 0 Å². The van der Waals surface area contributed by atoms with E-state index in [0.717, 1.165) is 6.42 Å². The van der Waals surface area contributed by atoms with Crippen molar-refractivity contribution in [2.75, 3.05) is 0 Å². The molecular formula is C18H17. The van der Waals surface area contributed by atoms with Crippen LogP contribution in [0.25, 0.3) is 11.1 Å². The Morgan fingerprint density at radius 2 is 1.56 bits per heavy atom. The van der Waals surface area contributed by atoms with Crippen LogP contribution in [-0.4, -0.2) is 0 Å². The molecule has 2 aromatic rings. The molecule has 1 radical (unpaired) electrons. The molecule has 0 bridgehead atoms. The van der Waals surface area contributed by atoms with Crippen LogP contribution < -0.4 is 0 Å². The monoisotopic (exact) mass is 233 g/mol. The average Bonchev–Trinajstić information content (AvgIpc) is 2.46. The van der Waals surface area contributed by atoms with E-state index in [4.69, 9.17) is 0 Å². The fourth-order valence-corrected chi connectivity index (χ4v) is 2.09. The lowest BCUT2D eigenvalue weighted by Crippen LogP contribution is -1.97. The first kappa shape index (κ1) is 12.4. The molecule has 0 aliphatic rings. The zero-order valence-electron chi connectivity index (χ0n) is 10.5. The molecule has 2 rings (SSSR count).